The second kappa shape index (κ2) is 5.87. The van der Waals surface area contributed by atoms with Crippen molar-refractivity contribution in [3.8, 4) is 5.75 Å². The number of halogens is 3. The monoisotopic (exact) mass is 377 g/mol. The van der Waals surface area contributed by atoms with Gasteiger partial charge in [-0.15, -0.1) is 0 Å². The first-order chi connectivity index (χ1) is 11.4. The second-order valence-electron chi connectivity index (χ2n) is 7.88. The molecule has 0 unspecified atom stereocenters. The van der Waals surface area contributed by atoms with Gasteiger partial charge in [-0.25, -0.2) is 8.42 Å². The Kier molecular flexibility index (Phi) is 4.35. The van der Waals surface area contributed by atoms with E-state index in [2.05, 4.69) is 4.90 Å². The fourth-order valence-electron chi connectivity index (χ4n) is 3.89. The van der Waals surface area contributed by atoms with Gasteiger partial charge in [-0.3, -0.25) is 4.90 Å². The minimum Gasteiger partial charge on any atom is -0.487 e. The fraction of sp³-hybridized carbons (Fsp3) is 0.647. The average molecular weight is 377 g/mol. The first-order valence-electron chi connectivity index (χ1n) is 8.17. The summed E-state index contributed by atoms with van der Waals surface area (Å²) in [4.78, 5) is 2.18. The molecule has 0 aliphatic carbocycles. The summed E-state index contributed by atoms with van der Waals surface area (Å²) in [5.41, 5.74) is -1.40. The first-order valence-corrected chi connectivity index (χ1v) is 10.00. The number of hydrogen-bond donors (Lipinski definition) is 0. The first kappa shape index (κ1) is 18.5. The predicted octanol–water partition coefficient (Wildman–Crippen LogP) is 2.98. The molecule has 0 N–H and O–H groups in total. The molecular formula is C17H22F3NO3S. The molecular weight excluding hydrogens is 355 g/mol. The third-order valence-electron chi connectivity index (χ3n) is 4.75. The molecule has 3 rings (SSSR count). The lowest BCUT2D eigenvalue weighted by atomic mass is 9.91. The van der Waals surface area contributed by atoms with E-state index >= 15 is 0 Å². The summed E-state index contributed by atoms with van der Waals surface area (Å²) in [6, 6.07) is 4.67. The normalized spacial score (nSPS) is 22.8. The van der Waals surface area contributed by atoms with Crippen molar-refractivity contribution < 1.29 is 26.3 Å². The summed E-state index contributed by atoms with van der Waals surface area (Å²) in [7, 11) is -2.85. The van der Waals surface area contributed by atoms with Gasteiger partial charge in [0.2, 0.25) is 0 Å². The van der Waals surface area contributed by atoms with Crippen LogP contribution in [0.1, 0.15) is 25.8 Å². The second-order valence-corrected chi connectivity index (χ2v) is 9.94. The maximum Gasteiger partial charge on any atom is 0.416 e. The highest BCUT2D eigenvalue weighted by Crippen LogP contribution is 2.41. The molecule has 25 heavy (non-hydrogen) atoms. The minimum atomic E-state index is -4.36. The summed E-state index contributed by atoms with van der Waals surface area (Å²) in [5.74, 6) is 0.908. The summed E-state index contributed by atoms with van der Waals surface area (Å²) in [6.07, 6.45) is -3.50. The van der Waals surface area contributed by atoms with Gasteiger partial charge in [0, 0.05) is 18.5 Å². The molecule has 0 atom stereocenters. The topological polar surface area (TPSA) is 46.6 Å². The Balaban J connectivity index is 1.57. The molecule has 0 bridgehead atoms. The fourth-order valence-corrected chi connectivity index (χ4v) is 6.14. The maximum absolute atomic E-state index is 12.6. The largest absolute Gasteiger partial charge is 0.487 e. The molecule has 2 heterocycles. The molecule has 1 spiro atoms. The van der Waals surface area contributed by atoms with Crippen LogP contribution < -0.4 is 4.74 Å². The van der Waals surface area contributed by atoms with E-state index in [4.69, 9.17) is 4.74 Å². The van der Waals surface area contributed by atoms with E-state index < -0.39 is 27.2 Å². The highest BCUT2D eigenvalue weighted by molar-refractivity contribution is 7.92. The lowest BCUT2D eigenvalue weighted by molar-refractivity contribution is -0.137. The molecule has 2 aliphatic heterocycles. The van der Waals surface area contributed by atoms with Crippen LogP contribution in [0.15, 0.2) is 24.3 Å². The van der Waals surface area contributed by atoms with Crippen molar-refractivity contribution in [2.45, 2.75) is 32.0 Å². The lowest BCUT2D eigenvalue weighted by Gasteiger charge is -2.38. The van der Waals surface area contributed by atoms with Crippen LogP contribution in [-0.4, -0.2) is 50.1 Å². The SMILES string of the molecule is CC(C)(CN1CCC2(C1)CS(=O)(=O)C2)Oc1ccc(C(F)(F)F)cc1. The Morgan fingerprint density at radius 1 is 1.16 bits per heavy atom. The zero-order valence-electron chi connectivity index (χ0n) is 14.3. The standard InChI is InChI=1S/C17H22F3NO3S/c1-15(2,24-14-5-3-13(4-6-14)17(18,19)20)9-21-8-7-16(10-21)11-25(22,23)12-16/h3-6H,7-12H2,1-2H3. The van der Waals surface area contributed by atoms with E-state index in [1.807, 2.05) is 13.8 Å². The number of likely N-dealkylation sites (tertiary alicyclic amines) is 1. The van der Waals surface area contributed by atoms with Crippen LogP contribution in [0.4, 0.5) is 13.2 Å². The van der Waals surface area contributed by atoms with Gasteiger partial charge in [0.1, 0.15) is 11.4 Å². The molecule has 0 amide bonds. The van der Waals surface area contributed by atoms with E-state index in [0.717, 1.165) is 31.6 Å². The van der Waals surface area contributed by atoms with Gasteiger partial charge in [0.25, 0.3) is 0 Å². The molecule has 2 saturated heterocycles. The van der Waals surface area contributed by atoms with Crippen LogP contribution in [0, 0.1) is 5.41 Å². The minimum absolute atomic E-state index is 0.108. The van der Waals surface area contributed by atoms with Gasteiger partial charge >= 0.3 is 6.18 Å². The van der Waals surface area contributed by atoms with Crippen molar-refractivity contribution in [3.05, 3.63) is 29.8 Å². The lowest BCUT2D eigenvalue weighted by Crippen LogP contribution is -2.51. The molecule has 140 valence electrons. The quantitative estimate of drug-likeness (QED) is 0.809. The number of ether oxygens (including phenoxy) is 1. The Bertz CT molecular complexity index is 729. The Hall–Kier alpha value is -1.28. The number of nitrogens with zero attached hydrogens (tertiary/aromatic N) is 1. The van der Waals surface area contributed by atoms with Crippen LogP contribution in [0.2, 0.25) is 0 Å². The summed E-state index contributed by atoms with van der Waals surface area (Å²) in [6.45, 7) is 5.90. The Morgan fingerprint density at radius 3 is 2.28 bits per heavy atom. The van der Waals surface area contributed by atoms with Gasteiger partial charge in [0.15, 0.2) is 9.84 Å². The van der Waals surface area contributed by atoms with E-state index in [1.54, 1.807) is 0 Å². The van der Waals surface area contributed by atoms with Crippen LogP contribution in [0.3, 0.4) is 0 Å². The molecule has 4 nitrogen and oxygen atoms in total. The maximum atomic E-state index is 12.6. The van der Waals surface area contributed by atoms with Gasteiger partial charge in [-0.1, -0.05) is 0 Å². The zero-order chi connectivity index (χ0) is 18.5. The van der Waals surface area contributed by atoms with Crippen LogP contribution in [0.25, 0.3) is 0 Å². The van der Waals surface area contributed by atoms with Gasteiger partial charge < -0.3 is 4.74 Å². The Morgan fingerprint density at radius 2 is 1.76 bits per heavy atom. The van der Waals surface area contributed by atoms with Crippen molar-refractivity contribution in [1.82, 2.24) is 4.90 Å². The van der Waals surface area contributed by atoms with Gasteiger partial charge in [-0.05, 0) is 51.1 Å². The number of alkyl halides is 3. The number of rotatable bonds is 4. The van der Waals surface area contributed by atoms with Gasteiger partial charge in [0.05, 0.1) is 17.1 Å². The van der Waals surface area contributed by atoms with E-state index in [1.165, 1.54) is 12.1 Å². The summed E-state index contributed by atoms with van der Waals surface area (Å²) < 4.78 is 66.6. The number of sulfone groups is 1. The van der Waals surface area contributed by atoms with Crippen molar-refractivity contribution in [1.29, 1.82) is 0 Å². The number of hydrogen-bond acceptors (Lipinski definition) is 4. The van der Waals surface area contributed by atoms with Gasteiger partial charge in [-0.2, -0.15) is 13.2 Å². The van der Waals surface area contributed by atoms with Crippen molar-refractivity contribution >= 4 is 9.84 Å². The Labute approximate surface area is 145 Å². The highest BCUT2D eigenvalue weighted by Gasteiger charge is 2.52. The molecule has 1 aromatic rings. The van der Waals surface area contributed by atoms with E-state index in [0.29, 0.717) is 12.3 Å². The van der Waals surface area contributed by atoms with Crippen LogP contribution >= 0.6 is 0 Å². The van der Waals surface area contributed by atoms with Crippen molar-refractivity contribution in [2.24, 2.45) is 5.41 Å². The third kappa shape index (κ3) is 4.28. The molecule has 0 radical (unpaired) electrons. The van der Waals surface area contributed by atoms with E-state index in [-0.39, 0.29) is 16.9 Å². The van der Waals surface area contributed by atoms with Crippen LogP contribution in [0.5, 0.6) is 5.75 Å². The molecule has 2 fully saturated rings. The van der Waals surface area contributed by atoms with Crippen molar-refractivity contribution in [3.63, 3.8) is 0 Å². The molecule has 8 heteroatoms. The van der Waals surface area contributed by atoms with Crippen LogP contribution in [-0.2, 0) is 16.0 Å². The summed E-state index contributed by atoms with van der Waals surface area (Å²) in [5, 5.41) is 0. The molecule has 1 aromatic carbocycles. The summed E-state index contributed by atoms with van der Waals surface area (Å²) >= 11 is 0. The smallest absolute Gasteiger partial charge is 0.416 e. The highest BCUT2D eigenvalue weighted by atomic mass is 32.2. The zero-order valence-corrected chi connectivity index (χ0v) is 15.1. The predicted molar refractivity (Wildman–Crippen MR) is 88.3 cm³/mol. The number of benzene rings is 1. The third-order valence-corrected chi connectivity index (χ3v) is 6.85. The van der Waals surface area contributed by atoms with E-state index in [9.17, 15) is 21.6 Å². The van der Waals surface area contributed by atoms with Crippen molar-refractivity contribution in [2.75, 3.05) is 31.1 Å². The molecule has 0 saturated carbocycles. The molecule has 2 aliphatic rings. The average Bonchev–Trinajstić information content (AvgIpc) is 2.78. The molecule has 0 aromatic heterocycles.